The predicted octanol–water partition coefficient (Wildman–Crippen LogP) is 4.89. The van der Waals surface area contributed by atoms with Crippen LogP contribution in [0.5, 0.6) is 0 Å². The summed E-state index contributed by atoms with van der Waals surface area (Å²) < 4.78 is 28.0. The highest BCUT2D eigenvalue weighted by atomic mass is 32.2. The van der Waals surface area contributed by atoms with Crippen molar-refractivity contribution in [2.24, 2.45) is 5.92 Å². The number of anilines is 1. The van der Waals surface area contributed by atoms with Gasteiger partial charge in [0.05, 0.1) is 4.90 Å². The summed E-state index contributed by atoms with van der Waals surface area (Å²) in [6, 6.07) is 24.2. The quantitative estimate of drug-likeness (QED) is 0.584. The molecule has 0 aliphatic carbocycles. The molecule has 1 aliphatic heterocycles. The first kappa shape index (κ1) is 22.2. The Morgan fingerprint density at radius 2 is 1.56 bits per heavy atom. The molecular weight excluding hydrogens is 420 g/mol. The van der Waals surface area contributed by atoms with E-state index in [0.29, 0.717) is 35.8 Å². The van der Waals surface area contributed by atoms with Gasteiger partial charge in [-0.05, 0) is 73.6 Å². The van der Waals surface area contributed by atoms with Crippen molar-refractivity contribution in [3.8, 4) is 0 Å². The molecule has 4 rings (SSSR count). The third-order valence-electron chi connectivity index (χ3n) is 6.06. The van der Waals surface area contributed by atoms with E-state index < -0.39 is 10.0 Å². The number of hydrogen-bond donors (Lipinski definition) is 1. The molecule has 1 fully saturated rings. The standard InChI is InChI=1S/C26H28N2O3S/c1-20-18-24(12-13-25(20)27-26(29)23-10-6-3-7-11-23)32(30,31)28-16-14-22(15-17-28)19-21-8-4-2-5-9-21/h2-13,18,22H,14-17,19H2,1H3,(H,27,29). The smallest absolute Gasteiger partial charge is 0.255 e. The van der Waals surface area contributed by atoms with Crippen molar-refractivity contribution in [1.29, 1.82) is 0 Å². The average Bonchev–Trinajstić information content (AvgIpc) is 2.82. The first-order valence-corrected chi connectivity index (χ1v) is 12.4. The highest BCUT2D eigenvalue weighted by molar-refractivity contribution is 7.89. The third kappa shape index (κ3) is 5.09. The van der Waals surface area contributed by atoms with Gasteiger partial charge in [0, 0.05) is 24.3 Å². The molecule has 0 saturated carbocycles. The van der Waals surface area contributed by atoms with Crippen molar-refractivity contribution in [2.75, 3.05) is 18.4 Å². The van der Waals surface area contributed by atoms with Gasteiger partial charge in [-0.1, -0.05) is 48.5 Å². The molecule has 0 atom stereocenters. The molecule has 0 spiro atoms. The molecule has 32 heavy (non-hydrogen) atoms. The van der Waals surface area contributed by atoms with E-state index in [2.05, 4.69) is 17.4 Å². The molecule has 0 bridgehead atoms. The van der Waals surface area contributed by atoms with Crippen LogP contribution in [0.2, 0.25) is 0 Å². The van der Waals surface area contributed by atoms with Crippen LogP contribution in [0.1, 0.15) is 34.3 Å². The van der Waals surface area contributed by atoms with E-state index in [9.17, 15) is 13.2 Å². The van der Waals surface area contributed by atoms with Gasteiger partial charge in [0.25, 0.3) is 5.91 Å². The molecule has 1 aliphatic rings. The Hall–Kier alpha value is -2.96. The Bertz CT molecular complexity index is 1170. The summed E-state index contributed by atoms with van der Waals surface area (Å²) in [5.41, 5.74) is 3.19. The summed E-state index contributed by atoms with van der Waals surface area (Å²) in [4.78, 5) is 12.7. The molecule has 3 aromatic carbocycles. The number of piperidine rings is 1. The number of nitrogens with zero attached hydrogens (tertiary/aromatic N) is 1. The van der Waals surface area contributed by atoms with Crippen molar-refractivity contribution in [1.82, 2.24) is 4.31 Å². The van der Waals surface area contributed by atoms with E-state index in [4.69, 9.17) is 0 Å². The van der Waals surface area contributed by atoms with Crippen LogP contribution in [0, 0.1) is 12.8 Å². The zero-order valence-electron chi connectivity index (χ0n) is 18.2. The van der Waals surface area contributed by atoms with Crippen LogP contribution in [0.4, 0.5) is 5.69 Å². The summed E-state index contributed by atoms with van der Waals surface area (Å²) in [6.45, 7) is 2.88. The lowest BCUT2D eigenvalue weighted by Crippen LogP contribution is -2.38. The molecule has 5 nitrogen and oxygen atoms in total. The van der Waals surface area contributed by atoms with E-state index in [0.717, 1.165) is 19.3 Å². The minimum atomic E-state index is -3.56. The van der Waals surface area contributed by atoms with Gasteiger partial charge in [-0.2, -0.15) is 4.31 Å². The minimum Gasteiger partial charge on any atom is -0.322 e. The van der Waals surface area contributed by atoms with Gasteiger partial charge in [0.1, 0.15) is 0 Å². The number of sulfonamides is 1. The fourth-order valence-electron chi connectivity index (χ4n) is 4.17. The Balaban J connectivity index is 1.41. The second kappa shape index (κ2) is 9.67. The zero-order chi connectivity index (χ0) is 22.6. The fraction of sp³-hybridized carbons (Fsp3) is 0.269. The topological polar surface area (TPSA) is 66.5 Å². The van der Waals surface area contributed by atoms with E-state index >= 15 is 0 Å². The molecule has 1 heterocycles. The Morgan fingerprint density at radius 1 is 0.938 bits per heavy atom. The number of carbonyl (C=O) groups excluding carboxylic acids is 1. The van der Waals surface area contributed by atoms with Crippen LogP contribution < -0.4 is 5.32 Å². The molecule has 3 aromatic rings. The molecule has 0 unspecified atom stereocenters. The average molecular weight is 449 g/mol. The summed E-state index contributed by atoms with van der Waals surface area (Å²) in [7, 11) is -3.56. The SMILES string of the molecule is Cc1cc(S(=O)(=O)N2CCC(Cc3ccccc3)CC2)ccc1NC(=O)c1ccccc1. The number of hydrogen-bond acceptors (Lipinski definition) is 3. The number of nitrogens with one attached hydrogen (secondary N) is 1. The van der Waals surface area contributed by atoms with Gasteiger partial charge in [-0.25, -0.2) is 8.42 Å². The number of carbonyl (C=O) groups is 1. The number of aryl methyl sites for hydroxylation is 1. The first-order valence-electron chi connectivity index (χ1n) is 10.9. The van der Waals surface area contributed by atoms with Crippen LogP contribution in [0.25, 0.3) is 0 Å². The van der Waals surface area contributed by atoms with Crippen molar-refractivity contribution in [3.63, 3.8) is 0 Å². The van der Waals surface area contributed by atoms with E-state index in [1.165, 1.54) is 5.56 Å². The van der Waals surface area contributed by atoms with Crippen molar-refractivity contribution >= 4 is 21.6 Å². The summed E-state index contributed by atoms with van der Waals surface area (Å²) in [5.74, 6) is 0.283. The number of amides is 1. The summed E-state index contributed by atoms with van der Waals surface area (Å²) >= 11 is 0. The van der Waals surface area contributed by atoms with E-state index in [1.54, 1.807) is 46.8 Å². The number of rotatable bonds is 6. The molecule has 1 N–H and O–H groups in total. The summed E-state index contributed by atoms with van der Waals surface area (Å²) in [6.07, 6.45) is 2.71. The maximum absolute atomic E-state index is 13.2. The molecule has 166 valence electrons. The molecular formula is C26H28N2O3S. The Kier molecular flexibility index (Phi) is 6.72. The lowest BCUT2D eigenvalue weighted by Gasteiger charge is -2.31. The zero-order valence-corrected chi connectivity index (χ0v) is 19.0. The van der Waals surface area contributed by atoms with Crippen LogP contribution in [0.15, 0.2) is 83.8 Å². The van der Waals surface area contributed by atoms with Gasteiger partial charge in [-0.15, -0.1) is 0 Å². The second-order valence-corrected chi connectivity index (χ2v) is 10.3. The van der Waals surface area contributed by atoms with Crippen molar-refractivity contribution < 1.29 is 13.2 Å². The Morgan fingerprint density at radius 3 is 2.19 bits per heavy atom. The largest absolute Gasteiger partial charge is 0.322 e. The molecule has 6 heteroatoms. The second-order valence-electron chi connectivity index (χ2n) is 8.33. The van der Waals surface area contributed by atoms with Crippen molar-refractivity contribution in [2.45, 2.75) is 31.1 Å². The van der Waals surface area contributed by atoms with Gasteiger partial charge < -0.3 is 5.32 Å². The number of benzene rings is 3. The molecule has 0 aromatic heterocycles. The normalized spacial score (nSPS) is 15.4. The predicted molar refractivity (Wildman–Crippen MR) is 127 cm³/mol. The molecule has 1 saturated heterocycles. The van der Waals surface area contributed by atoms with Crippen molar-refractivity contribution in [3.05, 3.63) is 95.6 Å². The summed E-state index contributed by atoms with van der Waals surface area (Å²) in [5, 5.41) is 2.87. The van der Waals surface area contributed by atoms with Crippen LogP contribution >= 0.6 is 0 Å². The first-order chi connectivity index (χ1) is 15.4. The minimum absolute atomic E-state index is 0.218. The lowest BCUT2D eigenvalue weighted by atomic mass is 9.91. The highest BCUT2D eigenvalue weighted by Gasteiger charge is 2.29. The van der Waals surface area contributed by atoms with Crippen LogP contribution in [-0.4, -0.2) is 31.7 Å². The third-order valence-corrected chi connectivity index (χ3v) is 7.96. The van der Waals surface area contributed by atoms with Crippen LogP contribution in [-0.2, 0) is 16.4 Å². The fourth-order valence-corrected chi connectivity index (χ4v) is 5.73. The maximum Gasteiger partial charge on any atom is 0.255 e. The van der Waals surface area contributed by atoms with E-state index in [1.807, 2.05) is 31.2 Å². The highest BCUT2D eigenvalue weighted by Crippen LogP contribution is 2.28. The van der Waals surface area contributed by atoms with Gasteiger partial charge in [0.2, 0.25) is 10.0 Å². The van der Waals surface area contributed by atoms with Gasteiger partial charge in [-0.3, -0.25) is 4.79 Å². The lowest BCUT2D eigenvalue weighted by molar-refractivity contribution is 0.102. The molecule has 0 radical (unpaired) electrons. The van der Waals surface area contributed by atoms with E-state index in [-0.39, 0.29) is 10.8 Å². The Labute approximate surface area is 190 Å². The monoisotopic (exact) mass is 448 g/mol. The maximum atomic E-state index is 13.2. The van der Waals surface area contributed by atoms with Gasteiger partial charge >= 0.3 is 0 Å². The molecule has 1 amide bonds. The van der Waals surface area contributed by atoms with Crippen LogP contribution in [0.3, 0.4) is 0 Å². The van der Waals surface area contributed by atoms with Gasteiger partial charge in [0.15, 0.2) is 0 Å².